The summed E-state index contributed by atoms with van der Waals surface area (Å²) >= 11 is 0. The molecule has 0 aliphatic heterocycles. The molecule has 0 bridgehead atoms. The molecule has 0 aliphatic rings. The van der Waals surface area contributed by atoms with Gasteiger partial charge in [-0.15, -0.1) is 24.7 Å². The van der Waals surface area contributed by atoms with Crippen molar-refractivity contribution in [2.45, 2.75) is 25.2 Å². The van der Waals surface area contributed by atoms with Crippen molar-refractivity contribution in [3.8, 4) is 24.7 Å². The highest BCUT2D eigenvalue weighted by Gasteiger charge is 2.42. The zero-order chi connectivity index (χ0) is 14.5. The number of ketones is 1. The number of Topliss-reactive ketones (excluding diaryl/α,β-unsaturated/α-hetero) is 1. The number of carboxylic acid groups (broad SMARTS) is 1. The Morgan fingerprint density at radius 2 is 1.63 bits per heavy atom. The highest BCUT2D eigenvalue weighted by Crippen LogP contribution is 2.33. The fraction of sp³-hybridized carbons (Fsp3) is 0.250. The first-order valence-corrected chi connectivity index (χ1v) is 5.69. The van der Waals surface area contributed by atoms with Crippen molar-refractivity contribution >= 4 is 11.8 Å². The monoisotopic (exact) mass is 254 g/mol. The van der Waals surface area contributed by atoms with Gasteiger partial charge in [0.25, 0.3) is 5.78 Å². The van der Waals surface area contributed by atoms with E-state index in [1.165, 1.54) is 0 Å². The quantitative estimate of drug-likeness (QED) is 0.645. The first-order chi connectivity index (χ1) is 8.97. The van der Waals surface area contributed by atoms with Crippen LogP contribution in [0.2, 0.25) is 0 Å². The molecule has 1 aromatic rings. The number of hydrogen-bond donors (Lipinski definition) is 1. The summed E-state index contributed by atoms with van der Waals surface area (Å²) in [5.41, 5.74) is 0.200. The molecule has 0 saturated carbocycles. The molecule has 96 valence electrons. The zero-order valence-electron chi connectivity index (χ0n) is 10.6. The third-order valence-electron chi connectivity index (χ3n) is 3.04. The maximum atomic E-state index is 12.0. The summed E-state index contributed by atoms with van der Waals surface area (Å²) in [6.45, 7) is 1.90. The van der Waals surface area contributed by atoms with Crippen molar-refractivity contribution in [2.24, 2.45) is 0 Å². The Morgan fingerprint density at radius 3 is 2.00 bits per heavy atom. The molecule has 0 unspecified atom stereocenters. The van der Waals surface area contributed by atoms with Gasteiger partial charge in [-0.3, -0.25) is 4.79 Å². The van der Waals surface area contributed by atoms with E-state index in [1.807, 2.05) is 6.92 Å². The van der Waals surface area contributed by atoms with Crippen molar-refractivity contribution in [3.63, 3.8) is 0 Å². The minimum Gasteiger partial charge on any atom is -0.475 e. The van der Waals surface area contributed by atoms with Crippen molar-refractivity contribution in [1.29, 1.82) is 0 Å². The molecule has 0 aromatic heterocycles. The van der Waals surface area contributed by atoms with E-state index in [9.17, 15) is 9.59 Å². The van der Waals surface area contributed by atoms with Gasteiger partial charge in [-0.2, -0.15) is 0 Å². The van der Waals surface area contributed by atoms with Crippen molar-refractivity contribution in [3.05, 3.63) is 35.4 Å². The molecule has 0 radical (unpaired) electrons. The number of rotatable bonds is 5. The molecular weight excluding hydrogens is 240 g/mol. The standard InChI is InChI=1S/C16H14O3/c1-4-10-16(11-5-2,14(17)15(18)19)13-8-6-12(3)7-9-13/h1-2,6-9H,10-11H2,3H3,(H,18,19). The van der Waals surface area contributed by atoms with Crippen LogP contribution in [0, 0.1) is 31.6 Å². The van der Waals surface area contributed by atoms with Crippen LogP contribution in [0.15, 0.2) is 24.3 Å². The number of carbonyl (C=O) groups is 2. The highest BCUT2D eigenvalue weighted by atomic mass is 16.4. The lowest BCUT2D eigenvalue weighted by molar-refractivity contribution is -0.151. The van der Waals surface area contributed by atoms with E-state index < -0.39 is 17.2 Å². The van der Waals surface area contributed by atoms with Gasteiger partial charge in [0.1, 0.15) is 0 Å². The second-order valence-electron chi connectivity index (χ2n) is 4.34. The van der Waals surface area contributed by atoms with E-state index in [0.717, 1.165) is 5.56 Å². The third kappa shape index (κ3) is 2.84. The van der Waals surface area contributed by atoms with Gasteiger partial charge in [-0.1, -0.05) is 29.8 Å². The van der Waals surface area contributed by atoms with Crippen LogP contribution < -0.4 is 0 Å². The molecule has 19 heavy (non-hydrogen) atoms. The van der Waals surface area contributed by atoms with Crippen LogP contribution in [0.4, 0.5) is 0 Å². The van der Waals surface area contributed by atoms with Crippen LogP contribution in [-0.2, 0) is 15.0 Å². The maximum absolute atomic E-state index is 12.0. The van der Waals surface area contributed by atoms with Gasteiger partial charge < -0.3 is 5.11 Å². The van der Waals surface area contributed by atoms with E-state index in [0.29, 0.717) is 5.56 Å². The van der Waals surface area contributed by atoms with E-state index >= 15 is 0 Å². The number of carboxylic acids is 1. The number of aliphatic carboxylic acids is 1. The fourth-order valence-corrected chi connectivity index (χ4v) is 1.98. The second kappa shape index (κ2) is 5.89. The average Bonchev–Trinajstić information content (AvgIpc) is 2.38. The van der Waals surface area contributed by atoms with Gasteiger partial charge in [0, 0.05) is 12.8 Å². The molecule has 1 rings (SSSR count). The SMILES string of the molecule is C#CCC(CC#C)(C(=O)C(=O)O)c1ccc(C)cc1. The summed E-state index contributed by atoms with van der Waals surface area (Å²) < 4.78 is 0. The Labute approximate surface area is 112 Å². The fourth-order valence-electron chi connectivity index (χ4n) is 1.98. The number of benzene rings is 1. The third-order valence-corrected chi connectivity index (χ3v) is 3.04. The van der Waals surface area contributed by atoms with Crippen molar-refractivity contribution < 1.29 is 14.7 Å². The molecule has 1 N–H and O–H groups in total. The van der Waals surface area contributed by atoms with Gasteiger partial charge in [-0.05, 0) is 12.5 Å². The Morgan fingerprint density at radius 1 is 1.16 bits per heavy atom. The maximum Gasteiger partial charge on any atom is 0.373 e. The largest absolute Gasteiger partial charge is 0.475 e. The minimum atomic E-state index is -1.52. The van der Waals surface area contributed by atoms with Crippen molar-refractivity contribution in [1.82, 2.24) is 0 Å². The molecule has 0 fully saturated rings. The van der Waals surface area contributed by atoms with E-state index in [1.54, 1.807) is 24.3 Å². The predicted molar refractivity (Wildman–Crippen MR) is 72.4 cm³/mol. The van der Waals surface area contributed by atoms with Gasteiger partial charge in [0.2, 0.25) is 0 Å². The Bertz CT molecular complexity index is 551. The summed E-state index contributed by atoms with van der Waals surface area (Å²) in [5, 5.41) is 9.00. The average molecular weight is 254 g/mol. The van der Waals surface area contributed by atoms with Gasteiger partial charge in [0.15, 0.2) is 0 Å². The summed E-state index contributed by atoms with van der Waals surface area (Å²) in [6, 6.07) is 6.99. The highest BCUT2D eigenvalue weighted by molar-refractivity contribution is 6.36. The number of aryl methyl sites for hydroxylation is 1. The first kappa shape index (κ1) is 14.5. The molecule has 3 nitrogen and oxygen atoms in total. The van der Waals surface area contributed by atoms with Crippen LogP contribution >= 0.6 is 0 Å². The molecule has 0 aliphatic carbocycles. The topological polar surface area (TPSA) is 54.4 Å². The minimum absolute atomic E-state index is 0.0363. The summed E-state index contributed by atoms with van der Waals surface area (Å²) in [5.74, 6) is 2.24. The van der Waals surface area contributed by atoms with Crippen LogP contribution in [0.25, 0.3) is 0 Å². The van der Waals surface area contributed by atoms with E-state index in [-0.39, 0.29) is 12.8 Å². The second-order valence-corrected chi connectivity index (χ2v) is 4.34. The van der Waals surface area contributed by atoms with Crippen LogP contribution in [0.1, 0.15) is 24.0 Å². The molecule has 1 aromatic carbocycles. The summed E-state index contributed by atoms with van der Waals surface area (Å²) in [7, 11) is 0. The normalized spacial score (nSPS) is 10.3. The molecular formula is C16H14O3. The van der Waals surface area contributed by atoms with E-state index in [2.05, 4.69) is 11.8 Å². The number of hydrogen-bond acceptors (Lipinski definition) is 2. The smallest absolute Gasteiger partial charge is 0.373 e. The molecule has 0 heterocycles. The number of carbonyl (C=O) groups excluding carboxylic acids is 1. The van der Waals surface area contributed by atoms with Gasteiger partial charge in [-0.25, -0.2) is 4.79 Å². The van der Waals surface area contributed by atoms with Crippen LogP contribution in [0.3, 0.4) is 0 Å². The summed E-state index contributed by atoms with van der Waals surface area (Å²) in [4.78, 5) is 23.1. The molecule has 0 atom stereocenters. The lowest BCUT2D eigenvalue weighted by Gasteiger charge is -2.27. The Kier molecular flexibility index (Phi) is 4.51. The lowest BCUT2D eigenvalue weighted by atomic mass is 9.71. The van der Waals surface area contributed by atoms with Crippen LogP contribution in [-0.4, -0.2) is 16.9 Å². The molecule has 0 amide bonds. The lowest BCUT2D eigenvalue weighted by Crippen LogP contribution is -2.40. The zero-order valence-corrected chi connectivity index (χ0v) is 10.6. The Hall–Kier alpha value is -2.52. The summed E-state index contributed by atoms with van der Waals surface area (Å²) in [6.07, 6.45) is 10.5. The number of terminal acetylenes is 2. The van der Waals surface area contributed by atoms with Crippen molar-refractivity contribution in [2.75, 3.05) is 0 Å². The van der Waals surface area contributed by atoms with Crippen LogP contribution in [0.5, 0.6) is 0 Å². The molecule has 3 heteroatoms. The molecule has 0 saturated heterocycles. The van der Waals surface area contributed by atoms with Gasteiger partial charge in [0.05, 0.1) is 5.41 Å². The van der Waals surface area contributed by atoms with Gasteiger partial charge >= 0.3 is 5.97 Å². The first-order valence-electron chi connectivity index (χ1n) is 5.69. The van der Waals surface area contributed by atoms with E-state index in [4.69, 9.17) is 18.0 Å². The molecule has 0 spiro atoms. The predicted octanol–water partition coefficient (Wildman–Crippen LogP) is 1.93. The Balaban J connectivity index is 3.44.